The fraction of sp³-hybridized carbons (Fsp3) is 0.533. The Kier molecular flexibility index (Phi) is 7.32. The average Bonchev–Trinajstić information content (AvgIpc) is 2.43. The molecule has 0 spiro atoms. The zero-order chi connectivity index (χ0) is 16.8. The van der Waals surface area contributed by atoms with Gasteiger partial charge in [-0.25, -0.2) is 8.42 Å². The van der Waals surface area contributed by atoms with Crippen molar-refractivity contribution in [2.75, 3.05) is 20.1 Å². The van der Waals surface area contributed by atoms with E-state index in [2.05, 4.69) is 19.2 Å². The van der Waals surface area contributed by atoms with Crippen molar-refractivity contribution < 1.29 is 13.2 Å². The first-order valence-corrected chi connectivity index (χ1v) is 9.04. The normalized spacial score (nSPS) is 11.9. The van der Waals surface area contributed by atoms with Gasteiger partial charge in [-0.3, -0.25) is 4.79 Å². The molecular formula is C15H23ClN2O3S. The topological polar surface area (TPSA) is 66.5 Å². The third-order valence-corrected chi connectivity index (χ3v) is 5.24. The molecule has 22 heavy (non-hydrogen) atoms. The third kappa shape index (κ3) is 5.94. The number of halogens is 1. The molecule has 0 saturated heterocycles. The van der Waals surface area contributed by atoms with Crippen molar-refractivity contribution in [3.05, 3.63) is 29.3 Å². The minimum absolute atomic E-state index is 0.118. The molecule has 0 aromatic heterocycles. The van der Waals surface area contributed by atoms with E-state index in [1.54, 1.807) is 0 Å². The lowest BCUT2D eigenvalue weighted by Crippen LogP contribution is -2.38. The van der Waals surface area contributed by atoms with Crippen LogP contribution in [0.4, 0.5) is 0 Å². The Labute approximate surface area is 137 Å². The molecule has 0 aliphatic rings. The molecule has 7 heteroatoms. The Hall–Kier alpha value is -1.11. The summed E-state index contributed by atoms with van der Waals surface area (Å²) in [5.41, 5.74) is 0. The molecule has 0 aliphatic carbocycles. The van der Waals surface area contributed by atoms with Crippen LogP contribution in [0.3, 0.4) is 0 Å². The Morgan fingerprint density at radius 1 is 1.27 bits per heavy atom. The lowest BCUT2D eigenvalue weighted by Gasteiger charge is -2.17. The molecule has 0 saturated carbocycles. The smallest absolute Gasteiger partial charge is 0.243 e. The summed E-state index contributed by atoms with van der Waals surface area (Å²) in [6.45, 7) is 4.60. The van der Waals surface area contributed by atoms with E-state index in [1.165, 1.54) is 31.3 Å². The Morgan fingerprint density at radius 2 is 1.86 bits per heavy atom. The van der Waals surface area contributed by atoms with Gasteiger partial charge in [-0.2, -0.15) is 4.31 Å². The van der Waals surface area contributed by atoms with Crippen LogP contribution >= 0.6 is 11.6 Å². The van der Waals surface area contributed by atoms with Crippen LogP contribution in [0.25, 0.3) is 0 Å². The highest BCUT2D eigenvalue weighted by Crippen LogP contribution is 2.17. The molecule has 1 amide bonds. The van der Waals surface area contributed by atoms with Crippen molar-refractivity contribution in [1.29, 1.82) is 0 Å². The van der Waals surface area contributed by atoms with Crippen molar-refractivity contribution in [3.8, 4) is 0 Å². The Morgan fingerprint density at radius 3 is 2.41 bits per heavy atom. The summed E-state index contributed by atoms with van der Waals surface area (Å²) in [6, 6.07) is 5.87. The van der Waals surface area contributed by atoms with E-state index in [0.29, 0.717) is 17.5 Å². The number of sulfonamides is 1. The molecule has 0 unspecified atom stereocenters. The summed E-state index contributed by atoms with van der Waals surface area (Å²) in [4.78, 5) is 11.9. The molecule has 0 heterocycles. The van der Waals surface area contributed by atoms with E-state index in [4.69, 9.17) is 11.6 Å². The first-order chi connectivity index (χ1) is 10.2. The zero-order valence-electron chi connectivity index (χ0n) is 13.2. The number of carbonyl (C=O) groups excluding carboxylic acids is 1. The minimum atomic E-state index is -3.68. The van der Waals surface area contributed by atoms with Crippen molar-refractivity contribution >= 4 is 27.5 Å². The number of amides is 1. The van der Waals surface area contributed by atoms with Gasteiger partial charge in [0.05, 0.1) is 11.4 Å². The number of hydrogen-bond acceptors (Lipinski definition) is 3. The monoisotopic (exact) mass is 346 g/mol. The summed E-state index contributed by atoms with van der Waals surface area (Å²) < 4.78 is 25.6. The van der Waals surface area contributed by atoms with Crippen LogP contribution in [0.15, 0.2) is 29.2 Å². The van der Waals surface area contributed by atoms with Gasteiger partial charge in [0.1, 0.15) is 0 Å². The second-order valence-corrected chi connectivity index (χ2v) is 8.08. The summed E-state index contributed by atoms with van der Waals surface area (Å²) >= 11 is 5.75. The minimum Gasteiger partial charge on any atom is -0.355 e. The Balaban J connectivity index is 2.54. The second-order valence-electron chi connectivity index (χ2n) is 5.60. The molecule has 0 aliphatic heterocycles. The maximum atomic E-state index is 12.3. The van der Waals surface area contributed by atoms with Crippen LogP contribution in [0, 0.1) is 5.92 Å². The van der Waals surface area contributed by atoms with E-state index in [-0.39, 0.29) is 17.3 Å². The average molecular weight is 347 g/mol. The van der Waals surface area contributed by atoms with Crippen LogP contribution in [0.5, 0.6) is 0 Å². The SMILES string of the molecule is CC(C)CCCNC(=O)CN(C)S(=O)(=O)c1ccc(Cl)cc1. The summed E-state index contributed by atoms with van der Waals surface area (Å²) in [5, 5.41) is 3.20. The first-order valence-electron chi connectivity index (χ1n) is 7.22. The van der Waals surface area contributed by atoms with Crippen LogP contribution in [-0.4, -0.2) is 38.8 Å². The molecular weight excluding hydrogens is 324 g/mol. The van der Waals surface area contributed by atoms with E-state index >= 15 is 0 Å². The lowest BCUT2D eigenvalue weighted by atomic mass is 10.1. The maximum absolute atomic E-state index is 12.3. The second kappa shape index (κ2) is 8.50. The first kappa shape index (κ1) is 18.9. The van der Waals surface area contributed by atoms with Crippen LogP contribution in [-0.2, 0) is 14.8 Å². The summed E-state index contributed by atoms with van der Waals surface area (Å²) in [5.74, 6) is 0.286. The summed E-state index contributed by atoms with van der Waals surface area (Å²) in [7, 11) is -2.29. The largest absolute Gasteiger partial charge is 0.355 e. The van der Waals surface area contributed by atoms with Crippen LogP contribution in [0.1, 0.15) is 26.7 Å². The van der Waals surface area contributed by atoms with Gasteiger partial charge in [0.25, 0.3) is 0 Å². The van der Waals surface area contributed by atoms with Gasteiger partial charge in [-0.05, 0) is 43.0 Å². The molecule has 0 bridgehead atoms. The molecule has 1 aromatic rings. The number of likely N-dealkylation sites (N-methyl/N-ethyl adjacent to an activating group) is 1. The van der Waals surface area contributed by atoms with E-state index < -0.39 is 10.0 Å². The Bertz CT molecular complexity index is 585. The molecule has 0 fully saturated rings. The molecule has 0 radical (unpaired) electrons. The van der Waals surface area contributed by atoms with Crippen molar-refractivity contribution in [2.45, 2.75) is 31.6 Å². The highest BCUT2D eigenvalue weighted by Gasteiger charge is 2.22. The number of benzene rings is 1. The highest BCUT2D eigenvalue weighted by molar-refractivity contribution is 7.89. The molecule has 124 valence electrons. The van der Waals surface area contributed by atoms with Gasteiger partial charge in [0, 0.05) is 18.6 Å². The van der Waals surface area contributed by atoms with Crippen LogP contribution in [0.2, 0.25) is 5.02 Å². The standard InChI is InChI=1S/C15H23ClN2O3S/c1-12(2)5-4-10-17-15(19)11-18(3)22(20,21)14-8-6-13(16)7-9-14/h6-9,12H,4-5,10-11H2,1-3H3,(H,17,19). The molecule has 1 aromatic carbocycles. The zero-order valence-corrected chi connectivity index (χ0v) is 14.7. The molecule has 5 nitrogen and oxygen atoms in total. The number of nitrogens with one attached hydrogen (secondary N) is 1. The summed E-state index contributed by atoms with van der Waals surface area (Å²) in [6.07, 6.45) is 1.91. The number of rotatable bonds is 8. The van der Waals surface area contributed by atoms with Gasteiger partial charge in [0.2, 0.25) is 15.9 Å². The van der Waals surface area contributed by atoms with Crippen LogP contribution < -0.4 is 5.32 Å². The molecule has 1 rings (SSSR count). The maximum Gasteiger partial charge on any atom is 0.243 e. The quantitative estimate of drug-likeness (QED) is 0.735. The van der Waals surface area contributed by atoms with Gasteiger partial charge in [-0.15, -0.1) is 0 Å². The van der Waals surface area contributed by atoms with Crippen molar-refractivity contribution in [3.63, 3.8) is 0 Å². The predicted molar refractivity (Wildman–Crippen MR) is 88.3 cm³/mol. The van der Waals surface area contributed by atoms with E-state index in [1.807, 2.05) is 0 Å². The highest BCUT2D eigenvalue weighted by atomic mass is 35.5. The number of carbonyl (C=O) groups is 1. The van der Waals surface area contributed by atoms with Gasteiger partial charge < -0.3 is 5.32 Å². The van der Waals surface area contributed by atoms with Gasteiger partial charge >= 0.3 is 0 Å². The van der Waals surface area contributed by atoms with Crippen molar-refractivity contribution in [1.82, 2.24) is 9.62 Å². The van der Waals surface area contributed by atoms with E-state index in [0.717, 1.165) is 17.1 Å². The van der Waals surface area contributed by atoms with Gasteiger partial charge in [0.15, 0.2) is 0 Å². The molecule has 0 atom stereocenters. The number of hydrogen-bond donors (Lipinski definition) is 1. The number of nitrogens with zero attached hydrogens (tertiary/aromatic N) is 1. The molecule has 1 N–H and O–H groups in total. The van der Waals surface area contributed by atoms with E-state index in [9.17, 15) is 13.2 Å². The fourth-order valence-corrected chi connectivity index (χ4v) is 3.12. The van der Waals surface area contributed by atoms with Gasteiger partial charge in [-0.1, -0.05) is 25.4 Å². The fourth-order valence-electron chi connectivity index (χ4n) is 1.87. The van der Waals surface area contributed by atoms with Crippen molar-refractivity contribution in [2.24, 2.45) is 5.92 Å². The lowest BCUT2D eigenvalue weighted by molar-refractivity contribution is -0.121. The third-order valence-electron chi connectivity index (χ3n) is 3.17. The predicted octanol–water partition coefficient (Wildman–Crippen LogP) is 2.51.